The largest absolute Gasteiger partial charge is 0.346 e. The number of amides is 4. The zero-order valence-corrected chi connectivity index (χ0v) is 19.6. The molecular formula is C25H27FN4O5. The monoisotopic (exact) mass is 482 g/mol. The molecule has 1 fully saturated rings. The van der Waals surface area contributed by atoms with Crippen LogP contribution in [-0.2, 0) is 19.2 Å². The average Bonchev–Trinajstić information content (AvgIpc) is 3.08. The Morgan fingerprint density at radius 2 is 1.71 bits per heavy atom. The van der Waals surface area contributed by atoms with Gasteiger partial charge >= 0.3 is 0 Å². The summed E-state index contributed by atoms with van der Waals surface area (Å²) >= 11 is 0. The van der Waals surface area contributed by atoms with Gasteiger partial charge in [-0.15, -0.1) is 0 Å². The van der Waals surface area contributed by atoms with Crippen molar-refractivity contribution in [2.45, 2.75) is 39.3 Å². The van der Waals surface area contributed by atoms with Gasteiger partial charge in [0.15, 0.2) is 5.78 Å². The molecule has 1 aliphatic heterocycles. The number of hydrogen-bond donors (Lipinski definition) is 3. The van der Waals surface area contributed by atoms with Gasteiger partial charge in [0, 0.05) is 6.20 Å². The van der Waals surface area contributed by atoms with Crippen LogP contribution in [0.25, 0.3) is 0 Å². The molecule has 2 heterocycles. The Morgan fingerprint density at radius 1 is 1.03 bits per heavy atom. The molecule has 184 valence electrons. The van der Waals surface area contributed by atoms with E-state index in [-0.39, 0.29) is 17.9 Å². The van der Waals surface area contributed by atoms with Crippen LogP contribution in [0.4, 0.5) is 4.39 Å². The summed E-state index contributed by atoms with van der Waals surface area (Å²) in [5.41, 5.74) is 0.766. The molecule has 0 saturated carbocycles. The third kappa shape index (κ3) is 6.14. The van der Waals surface area contributed by atoms with Crippen LogP contribution in [0.15, 0.2) is 48.7 Å². The maximum atomic E-state index is 13.1. The van der Waals surface area contributed by atoms with Crippen molar-refractivity contribution >= 4 is 29.4 Å². The van der Waals surface area contributed by atoms with Crippen molar-refractivity contribution in [3.63, 3.8) is 0 Å². The van der Waals surface area contributed by atoms with Gasteiger partial charge in [0.2, 0.25) is 23.7 Å². The molecule has 3 rings (SSSR count). The van der Waals surface area contributed by atoms with E-state index in [0.717, 1.165) is 12.3 Å². The van der Waals surface area contributed by atoms with E-state index in [2.05, 4.69) is 20.9 Å². The van der Waals surface area contributed by atoms with Crippen LogP contribution in [-0.4, -0.2) is 40.4 Å². The number of nitrogens with one attached hydrogen (secondary N) is 3. The molecular weight excluding hydrogens is 455 g/mol. The van der Waals surface area contributed by atoms with E-state index in [1.165, 1.54) is 13.0 Å². The topological polar surface area (TPSA) is 134 Å². The minimum atomic E-state index is -1.18. The summed E-state index contributed by atoms with van der Waals surface area (Å²) < 4.78 is 13.1. The number of Topliss-reactive ketones (excluding diaryl/α,β-unsaturated/α-hetero) is 1. The number of rotatable bonds is 9. The summed E-state index contributed by atoms with van der Waals surface area (Å²) in [5.74, 6) is -5.89. The number of carbonyl (C=O) groups is 5. The van der Waals surface area contributed by atoms with Gasteiger partial charge in [0.1, 0.15) is 5.92 Å². The lowest BCUT2D eigenvalue weighted by Crippen LogP contribution is -2.49. The standard InChI is InChI=1S/C25H27FN4O5/c1-13(2)21(22(32)20-14(3)23(33)30-25(20)35)29-19(31)11-17(15-7-5-4-6-8-15)28-24(34)16-9-10-18(26)27-12-16/h4-10,12-14,17,20-21H,11H2,1-3H3,(H,28,34)(H,29,31)(H,30,33,35)/t14-,17-,20+,21+/m0/s1. The molecule has 4 amide bonds. The van der Waals surface area contributed by atoms with E-state index in [0.29, 0.717) is 5.56 Å². The first-order valence-electron chi connectivity index (χ1n) is 11.2. The van der Waals surface area contributed by atoms with Crippen LogP contribution in [0.2, 0.25) is 0 Å². The highest BCUT2D eigenvalue weighted by Crippen LogP contribution is 2.24. The zero-order valence-electron chi connectivity index (χ0n) is 19.6. The number of pyridine rings is 1. The molecule has 1 aromatic heterocycles. The number of nitrogens with zero attached hydrogens (tertiary/aromatic N) is 1. The summed E-state index contributed by atoms with van der Waals surface area (Å²) in [6.45, 7) is 4.94. The molecule has 1 aliphatic rings. The molecule has 4 atom stereocenters. The fourth-order valence-corrected chi connectivity index (χ4v) is 3.93. The minimum absolute atomic E-state index is 0.119. The van der Waals surface area contributed by atoms with E-state index in [1.54, 1.807) is 44.2 Å². The second-order valence-electron chi connectivity index (χ2n) is 8.82. The predicted octanol–water partition coefficient (Wildman–Crippen LogP) is 1.70. The Hall–Kier alpha value is -3.95. The maximum absolute atomic E-state index is 13.1. The number of aromatic nitrogens is 1. The van der Waals surface area contributed by atoms with Gasteiger partial charge in [-0.3, -0.25) is 29.3 Å². The molecule has 3 N–H and O–H groups in total. The molecule has 1 aromatic carbocycles. The van der Waals surface area contributed by atoms with Gasteiger partial charge in [0.05, 0.1) is 30.0 Å². The van der Waals surface area contributed by atoms with E-state index in [4.69, 9.17) is 0 Å². The van der Waals surface area contributed by atoms with Crippen molar-refractivity contribution in [1.82, 2.24) is 20.9 Å². The van der Waals surface area contributed by atoms with Crippen LogP contribution in [0.1, 0.15) is 49.2 Å². The van der Waals surface area contributed by atoms with Crippen LogP contribution in [0.5, 0.6) is 0 Å². The third-order valence-corrected chi connectivity index (χ3v) is 5.93. The zero-order chi connectivity index (χ0) is 25.7. The molecule has 0 unspecified atom stereocenters. The van der Waals surface area contributed by atoms with Gasteiger partial charge in [-0.25, -0.2) is 4.98 Å². The fourth-order valence-electron chi connectivity index (χ4n) is 3.93. The van der Waals surface area contributed by atoms with Crippen molar-refractivity contribution in [2.24, 2.45) is 17.8 Å². The predicted molar refractivity (Wildman–Crippen MR) is 123 cm³/mol. The van der Waals surface area contributed by atoms with Crippen LogP contribution < -0.4 is 16.0 Å². The summed E-state index contributed by atoms with van der Waals surface area (Å²) in [7, 11) is 0. The molecule has 10 heteroatoms. The Kier molecular flexibility index (Phi) is 8.06. The van der Waals surface area contributed by atoms with Crippen LogP contribution in [0, 0.1) is 23.7 Å². The number of halogens is 1. The van der Waals surface area contributed by atoms with Gasteiger partial charge in [-0.2, -0.15) is 4.39 Å². The molecule has 0 bridgehead atoms. The minimum Gasteiger partial charge on any atom is -0.346 e. The smallest absolute Gasteiger partial charge is 0.253 e. The first kappa shape index (κ1) is 25.7. The Labute approximate surface area is 201 Å². The molecule has 1 saturated heterocycles. The first-order chi connectivity index (χ1) is 16.6. The molecule has 0 aliphatic carbocycles. The van der Waals surface area contributed by atoms with Crippen molar-refractivity contribution in [3.05, 3.63) is 65.7 Å². The lowest BCUT2D eigenvalue weighted by atomic mass is 9.85. The Morgan fingerprint density at radius 3 is 2.26 bits per heavy atom. The van der Waals surface area contributed by atoms with Gasteiger partial charge in [0.25, 0.3) is 5.91 Å². The molecule has 0 spiro atoms. The summed E-state index contributed by atoms with van der Waals surface area (Å²) in [4.78, 5) is 66.2. The Bertz CT molecular complexity index is 1120. The Balaban J connectivity index is 1.76. The fraction of sp³-hybridized carbons (Fsp3) is 0.360. The van der Waals surface area contributed by atoms with Gasteiger partial charge in [-0.1, -0.05) is 51.1 Å². The summed E-state index contributed by atoms with van der Waals surface area (Å²) in [5, 5.41) is 7.58. The van der Waals surface area contributed by atoms with Crippen molar-refractivity contribution < 1.29 is 28.4 Å². The SMILES string of the molecule is CC(C)[C@@H](NC(=O)C[C@H](NC(=O)c1ccc(F)nc1)c1ccccc1)C(=O)[C@@H]1C(=O)NC(=O)[C@H]1C. The normalized spacial score (nSPS) is 19.1. The van der Waals surface area contributed by atoms with Crippen LogP contribution >= 0.6 is 0 Å². The third-order valence-electron chi connectivity index (χ3n) is 5.93. The number of benzene rings is 1. The quantitative estimate of drug-likeness (QED) is 0.283. The lowest BCUT2D eigenvalue weighted by Gasteiger charge is -2.26. The average molecular weight is 483 g/mol. The van der Waals surface area contributed by atoms with E-state index in [9.17, 15) is 28.4 Å². The molecule has 35 heavy (non-hydrogen) atoms. The van der Waals surface area contributed by atoms with Crippen molar-refractivity contribution in [2.75, 3.05) is 0 Å². The maximum Gasteiger partial charge on any atom is 0.253 e. The second kappa shape index (κ2) is 11.0. The number of hydrogen-bond acceptors (Lipinski definition) is 6. The van der Waals surface area contributed by atoms with Crippen LogP contribution in [0.3, 0.4) is 0 Å². The van der Waals surface area contributed by atoms with Crippen molar-refractivity contribution in [3.8, 4) is 0 Å². The highest BCUT2D eigenvalue weighted by atomic mass is 19.1. The number of imide groups is 1. The van der Waals surface area contributed by atoms with Crippen molar-refractivity contribution in [1.29, 1.82) is 0 Å². The number of carbonyl (C=O) groups excluding carboxylic acids is 5. The number of ketones is 1. The van der Waals surface area contributed by atoms with E-state index >= 15 is 0 Å². The van der Waals surface area contributed by atoms with E-state index < -0.39 is 59.3 Å². The first-order valence-corrected chi connectivity index (χ1v) is 11.2. The summed E-state index contributed by atoms with van der Waals surface area (Å²) in [6.07, 6.45) is 0.890. The highest BCUT2D eigenvalue weighted by molar-refractivity contribution is 6.16. The molecule has 2 aromatic rings. The van der Waals surface area contributed by atoms with E-state index in [1.807, 2.05) is 0 Å². The summed E-state index contributed by atoms with van der Waals surface area (Å²) in [6, 6.07) is 9.35. The molecule has 9 nitrogen and oxygen atoms in total. The second-order valence-corrected chi connectivity index (χ2v) is 8.82. The lowest BCUT2D eigenvalue weighted by molar-refractivity contribution is -0.137. The van der Waals surface area contributed by atoms with Gasteiger partial charge in [-0.05, 0) is 23.6 Å². The van der Waals surface area contributed by atoms with Gasteiger partial charge < -0.3 is 10.6 Å². The molecule has 0 radical (unpaired) electrons. The highest BCUT2D eigenvalue weighted by Gasteiger charge is 2.46.